The zero-order valence-corrected chi connectivity index (χ0v) is 17.0. The van der Waals surface area contributed by atoms with Crippen LogP contribution in [0.25, 0.3) is 33.2 Å². The third-order valence-corrected chi connectivity index (χ3v) is 6.48. The lowest BCUT2D eigenvalue weighted by molar-refractivity contribution is -0.660. The first-order chi connectivity index (χ1) is 14.2. The molecule has 0 atom stereocenters. The van der Waals surface area contributed by atoms with Crippen molar-refractivity contribution in [2.24, 2.45) is 7.05 Å². The van der Waals surface area contributed by atoms with Crippen LogP contribution in [0.4, 0.5) is 0 Å². The van der Waals surface area contributed by atoms with Gasteiger partial charge in [0.1, 0.15) is 24.3 Å². The highest BCUT2D eigenvalue weighted by atomic mass is 16.3. The van der Waals surface area contributed by atoms with Crippen LogP contribution < -0.4 is 4.57 Å². The number of rotatable bonds is 2. The highest BCUT2D eigenvalue weighted by Crippen LogP contribution is 2.40. The molecule has 3 nitrogen and oxygen atoms in total. The maximum atomic E-state index is 10.1. The molecule has 0 saturated heterocycles. The fourth-order valence-electron chi connectivity index (χ4n) is 4.97. The van der Waals surface area contributed by atoms with Gasteiger partial charge >= 0.3 is 0 Å². The van der Waals surface area contributed by atoms with Gasteiger partial charge in [0.15, 0.2) is 11.8 Å². The molecule has 1 aliphatic rings. The van der Waals surface area contributed by atoms with Gasteiger partial charge in [0.2, 0.25) is 5.69 Å². The van der Waals surface area contributed by atoms with Crippen LogP contribution in [0.1, 0.15) is 54.7 Å². The molecule has 5 rings (SSSR count). The Morgan fingerprint density at radius 3 is 2.62 bits per heavy atom. The zero-order valence-electron chi connectivity index (χ0n) is 17.0. The Hall–Kier alpha value is -3.12. The van der Waals surface area contributed by atoms with Crippen molar-refractivity contribution in [3.63, 3.8) is 0 Å². The summed E-state index contributed by atoms with van der Waals surface area (Å²) in [4.78, 5) is 0. The Morgan fingerprint density at radius 1 is 1.03 bits per heavy atom. The third-order valence-electron chi connectivity index (χ3n) is 6.48. The summed E-state index contributed by atoms with van der Waals surface area (Å²) in [7, 11) is 2.01. The minimum atomic E-state index is 0.622. The van der Waals surface area contributed by atoms with Crippen LogP contribution >= 0.6 is 0 Å². The van der Waals surface area contributed by atoms with E-state index in [1.165, 1.54) is 37.7 Å². The van der Waals surface area contributed by atoms with Crippen LogP contribution in [0.15, 0.2) is 53.1 Å². The Labute approximate surface area is 171 Å². The summed E-state index contributed by atoms with van der Waals surface area (Å²) < 4.78 is 8.39. The Balaban J connectivity index is 1.74. The lowest BCUT2D eigenvalue weighted by Gasteiger charge is -2.21. The van der Waals surface area contributed by atoms with Crippen LogP contribution in [0.2, 0.25) is 0 Å². The number of nitrogens with zero attached hydrogens (tertiary/aromatic N) is 2. The smallest absolute Gasteiger partial charge is 0.214 e. The first kappa shape index (κ1) is 17.9. The van der Waals surface area contributed by atoms with Crippen LogP contribution in [0, 0.1) is 18.3 Å². The quantitative estimate of drug-likeness (QED) is 0.382. The summed E-state index contributed by atoms with van der Waals surface area (Å²) in [6, 6.07) is 17.3. The third kappa shape index (κ3) is 2.91. The van der Waals surface area contributed by atoms with E-state index in [1.807, 2.05) is 25.4 Å². The summed E-state index contributed by atoms with van der Waals surface area (Å²) in [5.74, 6) is 0.637. The van der Waals surface area contributed by atoms with Crippen LogP contribution in [-0.2, 0) is 7.05 Å². The number of pyridine rings is 1. The Bertz CT molecular complexity index is 1270. The number of aromatic nitrogens is 1. The molecule has 0 radical (unpaired) electrons. The molecule has 144 valence electrons. The van der Waals surface area contributed by atoms with Gasteiger partial charge in [-0.3, -0.25) is 0 Å². The van der Waals surface area contributed by atoms with E-state index in [9.17, 15) is 5.26 Å². The van der Waals surface area contributed by atoms with Crippen molar-refractivity contribution in [1.82, 2.24) is 0 Å². The van der Waals surface area contributed by atoms with E-state index in [0.29, 0.717) is 17.1 Å². The topological polar surface area (TPSA) is 40.8 Å². The van der Waals surface area contributed by atoms with E-state index >= 15 is 0 Å². The second kappa shape index (κ2) is 7.04. The van der Waals surface area contributed by atoms with E-state index in [2.05, 4.69) is 47.9 Å². The van der Waals surface area contributed by atoms with Crippen LogP contribution in [0.5, 0.6) is 0 Å². The fourth-order valence-corrected chi connectivity index (χ4v) is 4.97. The maximum Gasteiger partial charge on any atom is 0.214 e. The summed E-state index contributed by atoms with van der Waals surface area (Å²) in [5.41, 5.74) is 6.66. The van der Waals surface area contributed by atoms with E-state index < -0.39 is 0 Å². The Kier molecular flexibility index (Phi) is 4.36. The average Bonchev–Trinajstić information content (AvgIpc) is 3.11. The van der Waals surface area contributed by atoms with Crippen molar-refractivity contribution in [3.05, 3.63) is 65.4 Å². The molecule has 1 saturated carbocycles. The van der Waals surface area contributed by atoms with Crippen molar-refractivity contribution < 1.29 is 8.98 Å². The van der Waals surface area contributed by atoms with Gasteiger partial charge in [-0.1, -0.05) is 31.4 Å². The highest BCUT2D eigenvalue weighted by Gasteiger charge is 2.23. The normalized spacial score (nSPS) is 15.1. The second-order valence-electron chi connectivity index (χ2n) is 8.32. The number of furan rings is 1. The molecule has 2 aromatic heterocycles. The molecular formula is C26H25N2O+. The standard InChI is InChI=1S/C26H25N2O/c1-17-14-21-20-12-11-19(18-8-4-3-5-9-18)15-24(20)29-26(21)22(16-27)25(17)23-10-6-7-13-28(23)2/h6-7,10-15,18H,3-5,8-9H2,1-2H3/q+1. The van der Waals surface area contributed by atoms with Gasteiger partial charge in [-0.25, -0.2) is 4.57 Å². The van der Waals surface area contributed by atoms with E-state index in [0.717, 1.165) is 33.2 Å². The van der Waals surface area contributed by atoms with Gasteiger partial charge in [-0.05, 0) is 55.0 Å². The second-order valence-corrected chi connectivity index (χ2v) is 8.32. The summed E-state index contributed by atoms with van der Waals surface area (Å²) in [5, 5.41) is 12.2. The highest BCUT2D eigenvalue weighted by molar-refractivity contribution is 6.09. The van der Waals surface area contributed by atoms with Gasteiger partial charge in [0.25, 0.3) is 0 Å². The molecule has 0 N–H and O–H groups in total. The molecule has 0 spiro atoms. The van der Waals surface area contributed by atoms with Gasteiger partial charge < -0.3 is 4.42 Å². The summed E-state index contributed by atoms with van der Waals surface area (Å²) in [6.45, 7) is 2.08. The monoisotopic (exact) mass is 381 g/mol. The molecular weight excluding hydrogens is 356 g/mol. The molecule has 1 fully saturated rings. The van der Waals surface area contributed by atoms with E-state index in [1.54, 1.807) is 0 Å². The number of aryl methyl sites for hydroxylation is 2. The molecule has 1 aliphatic carbocycles. The lowest BCUT2D eigenvalue weighted by Crippen LogP contribution is -2.30. The summed E-state index contributed by atoms with van der Waals surface area (Å²) in [6.07, 6.45) is 8.53. The van der Waals surface area contributed by atoms with Crippen molar-refractivity contribution in [3.8, 4) is 17.3 Å². The number of hydrogen-bond donors (Lipinski definition) is 0. The van der Waals surface area contributed by atoms with Gasteiger partial charge in [-0.15, -0.1) is 0 Å². The first-order valence-electron chi connectivity index (χ1n) is 10.5. The van der Waals surface area contributed by atoms with Crippen molar-refractivity contribution in [1.29, 1.82) is 5.26 Å². The molecule has 2 aromatic carbocycles. The van der Waals surface area contributed by atoms with Crippen LogP contribution in [-0.4, -0.2) is 0 Å². The fraction of sp³-hybridized carbons (Fsp3) is 0.308. The molecule has 0 aliphatic heterocycles. The number of hydrogen-bond acceptors (Lipinski definition) is 2. The number of nitriles is 1. The predicted molar refractivity (Wildman–Crippen MR) is 116 cm³/mol. The predicted octanol–water partition coefficient (Wildman–Crippen LogP) is 6.31. The van der Waals surface area contributed by atoms with E-state index in [-0.39, 0.29) is 0 Å². The van der Waals surface area contributed by atoms with Gasteiger partial charge in [-0.2, -0.15) is 5.26 Å². The van der Waals surface area contributed by atoms with Gasteiger partial charge in [0.05, 0.1) is 5.56 Å². The van der Waals surface area contributed by atoms with E-state index in [4.69, 9.17) is 4.42 Å². The molecule has 3 heteroatoms. The average molecular weight is 381 g/mol. The molecule has 4 aromatic rings. The molecule has 2 heterocycles. The Morgan fingerprint density at radius 2 is 1.86 bits per heavy atom. The largest absolute Gasteiger partial charge is 0.455 e. The van der Waals surface area contributed by atoms with Crippen molar-refractivity contribution in [2.45, 2.75) is 44.9 Å². The van der Waals surface area contributed by atoms with Crippen molar-refractivity contribution >= 4 is 21.9 Å². The molecule has 0 unspecified atom stereocenters. The maximum absolute atomic E-state index is 10.1. The zero-order chi connectivity index (χ0) is 20.0. The van der Waals surface area contributed by atoms with Gasteiger partial charge in [0, 0.05) is 22.9 Å². The minimum absolute atomic E-state index is 0.622. The summed E-state index contributed by atoms with van der Waals surface area (Å²) >= 11 is 0. The van der Waals surface area contributed by atoms with Crippen molar-refractivity contribution in [2.75, 3.05) is 0 Å². The first-order valence-corrected chi connectivity index (χ1v) is 10.5. The molecule has 0 amide bonds. The molecule has 29 heavy (non-hydrogen) atoms. The number of fused-ring (bicyclic) bond motifs is 3. The SMILES string of the molecule is Cc1cc2c(oc3cc(C4CCCCC4)ccc32)c(C#N)c1-c1cccc[n+]1C. The minimum Gasteiger partial charge on any atom is -0.455 e. The van der Waals surface area contributed by atoms with Crippen LogP contribution in [0.3, 0.4) is 0 Å². The lowest BCUT2D eigenvalue weighted by atomic mass is 9.84. The number of benzene rings is 2. The molecule has 0 bridgehead atoms.